The first kappa shape index (κ1) is 20.4. The fraction of sp³-hybridized carbons (Fsp3) is 0.318. The van der Waals surface area contributed by atoms with Gasteiger partial charge in [-0.25, -0.2) is 9.67 Å². The van der Waals surface area contributed by atoms with Crippen molar-refractivity contribution < 1.29 is 9.53 Å². The summed E-state index contributed by atoms with van der Waals surface area (Å²) in [5, 5.41) is 16.4. The Labute approximate surface area is 189 Å². The Hall–Kier alpha value is -3.53. The van der Waals surface area contributed by atoms with E-state index in [2.05, 4.69) is 30.5 Å². The molecule has 0 bridgehead atoms. The molecule has 1 amide bonds. The highest BCUT2D eigenvalue weighted by Gasteiger charge is 2.27. The summed E-state index contributed by atoms with van der Waals surface area (Å²) < 4.78 is 8.21. The Balaban J connectivity index is 1.25. The Morgan fingerprint density at radius 2 is 2.12 bits per heavy atom. The summed E-state index contributed by atoms with van der Waals surface area (Å²) in [6.45, 7) is 4.01. The predicted molar refractivity (Wildman–Crippen MR) is 124 cm³/mol. The molecule has 0 unspecified atom stereocenters. The van der Waals surface area contributed by atoms with Gasteiger partial charge in [-0.1, -0.05) is 11.3 Å². The van der Waals surface area contributed by atoms with E-state index in [0.717, 1.165) is 41.2 Å². The Bertz CT molecular complexity index is 1210. The number of carbonyl (C=O) groups is 1. The van der Waals surface area contributed by atoms with Gasteiger partial charge in [-0.2, -0.15) is 5.10 Å². The van der Waals surface area contributed by atoms with Crippen molar-refractivity contribution in [2.45, 2.75) is 19.8 Å². The summed E-state index contributed by atoms with van der Waals surface area (Å²) in [4.78, 5) is 19.6. The molecule has 1 N–H and O–H groups in total. The number of aromatic nitrogens is 5. The molecule has 5 rings (SSSR count). The number of thiazole rings is 1. The summed E-state index contributed by atoms with van der Waals surface area (Å²) in [5.41, 5.74) is 0.853. The van der Waals surface area contributed by atoms with Crippen molar-refractivity contribution in [1.29, 1.82) is 0 Å². The maximum Gasteiger partial charge on any atom is 0.231 e. The normalized spacial score (nSPS) is 16.3. The molecule has 0 spiro atoms. The summed E-state index contributed by atoms with van der Waals surface area (Å²) in [6.07, 6.45) is 5.27. The number of benzene rings is 1. The van der Waals surface area contributed by atoms with Gasteiger partial charge in [-0.3, -0.25) is 4.79 Å². The fourth-order valence-corrected chi connectivity index (χ4v) is 4.73. The molecule has 0 aliphatic carbocycles. The molecule has 1 atom stereocenters. The van der Waals surface area contributed by atoms with Crippen molar-refractivity contribution >= 4 is 38.4 Å². The number of carbonyl (C=O) groups excluding carboxylic acids is 1. The van der Waals surface area contributed by atoms with Crippen molar-refractivity contribution in [2.24, 2.45) is 5.92 Å². The van der Waals surface area contributed by atoms with E-state index >= 15 is 0 Å². The summed E-state index contributed by atoms with van der Waals surface area (Å²) in [6, 6.07) is 11.4. The molecule has 164 valence electrons. The topological polar surface area (TPSA) is 98.1 Å². The van der Waals surface area contributed by atoms with E-state index in [1.807, 2.05) is 49.5 Å². The second-order valence-electron chi connectivity index (χ2n) is 7.56. The SMILES string of the molecule is CCOc1ccc2nc(NC(=O)[C@@H]3CCCN(c4ccc(-n5cccn5)nn4)C3)sc2c1. The van der Waals surface area contributed by atoms with Crippen LogP contribution < -0.4 is 15.0 Å². The van der Waals surface area contributed by atoms with Gasteiger partial charge in [0.25, 0.3) is 0 Å². The maximum atomic E-state index is 13.0. The molecule has 3 aromatic heterocycles. The summed E-state index contributed by atoms with van der Waals surface area (Å²) >= 11 is 1.46. The van der Waals surface area contributed by atoms with E-state index in [0.29, 0.717) is 24.1 Å². The van der Waals surface area contributed by atoms with Gasteiger partial charge in [0.15, 0.2) is 16.8 Å². The molecule has 32 heavy (non-hydrogen) atoms. The molecule has 4 aromatic rings. The number of nitrogens with zero attached hydrogens (tertiary/aromatic N) is 6. The van der Waals surface area contributed by atoms with E-state index in [-0.39, 0.29) is 11.8 Å². The number of fused-ring (bicyclic) bond motifs is 1. The number of piperidine rings is 1. The molecule has 1 aliphatic heterocycles. The number of hydrogen-bond donors (Lipinski definition) is 1. The monoisotopic (exact) mass is 449 g/mol. The minimum Gasteiger partial charge on any atom is -0.494 e. The van der Waals surface area contributed by atoms with Gasteiger partial charge >= 0.3 is 0 Å². The molecule has 0 radical (unpaired) electrons. The van der Waals surface area contributed by atoms with E-state index in [4.69, 9.17) is 4.74 Å². The third-order valence-corrected chi connectivity index (χ3v) is 6.33. The third kappa shape index (κ3) is 4.26. The molecule has 10 heteroatoms. The second-order valence-corrected chi connectivity index (χ2v) is 8.59. The summed E-state index contributed by atoms with van der Waals surface area (Å²) in [5.74, 6) is 2.08. The van der Waals surface area contributed by atoms with Crippen LogP contribution in [0.1, 0.15) is 19.8 Å². The van der Waals surface area contributed by atoms with E-state index in [9.17, 15) is 4.79 Å². The van der Waals surface area contributed by atoms with E-state index in [1.54, 1.807) is 10.9 Å². The average Bonchev–Trinajstić information content (AvgIpc) is 3.49. The smallest absolute Gasteiger partial charge is 0.231 e. The standard InChI is InChI=1S/C22H23N7O2S/c1-2-31-16-6-7-17-18(13-16)32-22(24-17)25-21(30)15-5-3-11-28(14-15)19-8-9-20(27-26-19)29-12-4-10-23-29/h4,6-10,12-13,15H,2-3,5,11,14H2,1H3,(H,24,25,30)/t15-/m1/s1. The zero-order valence-corrected chi connectivity index (χ0v) is 18.5. The lowest BCUT2D eigenvalue weighted by atomic mass is 9.97. The van der Waals surface area contributed by atoms with Crippen LogP contribution in [0, 0.1) is 5.92 Å². The van der Waals surface area contributed by atoms with Crippen LogP contribution in [0.3, 0.4) is 0 Å². The zero-order chi connectivity index (χ0) is 21.9. The molecule has 0 saturated carbocycles. The number of ether oxygens (including phenoxy) is 1. The van der Waals surface area contributed by atoms with Crippen LogP contribution in [0.25, 0.3) is 16.0 Å². The van der Waals surface area contributed by atoms with E-state index < -0.39 is 0 Å². The first-order valence-electron chi connectivity index (χ1n) is 10.6. The highest BCUT2D eigenvalue weighted by atomic mass is 32.1. The number of rotatable bonds is 6. The van der Waals surface area contributed by atoms with Gasteiger partial charge in [-0.15, -0.1) is 10.2 Å². The summed E-state index contributed by atoms with van der Waals surface area (Å²) in [7, 11) is 0. The number of hydrogen-bond acceptors (Lipinski definition) is 8. The van der Waals surface area contributed by atoms with Gasteiger partial charge < -0.3 is 15.0 Å². The van der Waals surface area contributed by atoms with Crippen molar-refractivity contribution in [3.63, 3.8) is 0 Å². The first-order valence-corrected chi connectivity index (χ1v) is 11.4. The molecule has 1 fully saturated rings. The Morgan fingerprint density at radius 3 is 2.91 bits per heavy atom. The lowest BCUT2D eigenvalue weighted by molar-refractivity contribution is -0.120. The lowest BCUT2D eigenvalue weighted by Gasteiger charge is -2.32. The van der Waals surface area contributed by atoms with Gasteiger partial charge in [0.1, 0.15) is 5.75 Å². The number of amides is 1. The minimum atomic E-state index is -0.137. The van der Waals surface area contributed by atoms with Crippen LogP contribution in [0.15, 0.2) is 48.8 Å². The molecular weight excluding hydrogens is 426 g/mol. The molecule has 9 nitrogen and oxygen atoms in total. The van der Waals surface area contributed by atoms with Gasteiger partial charge in [0, 0.05) is 25.5 Å². The molecule has 1 aromatic carbocycles. The highest BCUT2D eigenvalue weighted by Crippen LogP contribution is 2.30. The third-order valence-electron chi connectivity index (χ3n) is 5.39. The van der Waals surface area contributed by atoms with Crippen LogP contribution in [-0.2, 0) is 4.79 Å². The van der Waals surface area contributed by atoms with Crippen LogP contribution in [0.4, 0.5) is 10.9 Å². The maximum absolute atomic E-state index is 13.0. The first-order chi connectivity index (χ1) is 15.7. The Kier molecular flexibility index (Phi) is 5.68. The number of nitrogens with one attached hydrogen (secondary N) is 1. The van der Waals surface area contributed by atoms with Crippen LogP contribution in [0.2, 0.25) is 0 Å². The van der Waals surface area contributed by atoms with Gasteiger partial charge in [0.2, 0.25) is 5.91 Å². The average molecular weight is 450 g/mol. The zero-order valence-electron chi connectivity index (χ0n) is 17.6. The largest absolute Gasteiger partial charge is 0.494 e. The second kappa shape index (κ2) is 8.91. The lowest BCUT2D eigenvalue weighted by Crippen LogP contribution is -2.41. The van der Waals surface area contributed by atoms with Gasteiger partial charge in [-0.05, 0) is 56.2 Å². The van der Waals surface area contributed by atoms with Crippen molar-refractivity contribution in [3.8, 4) is 11.6 Å². The molecule has 1 saturated heterocycles. The van der Waals surface area contributed by atoms with E-state index in [1.165, 1.54) is 11.3 Å². The number of anilines is 2. The predicted octanol–water partition coefficient (Wildman–Crippen LogP) is 3.53. The van der Waals surface area contributed by atoms with Crippen LogP contribution in [0.5, 0.6) is 5.75 Å². The molecule has 4 heterocycles. The van der Waals surface area contributed by atoms with Crippen molar-refractivity contribution in [2.75, 3.05) is 29.9 Å². The Morgan fingerprint density at radius 1 is 1.25 bits per heavy atom. The van der Waals surface area contributed by atoms with Crippen molar-refractivity contribution in [3.05, 3.63) is 48.8 Å². The van der Waals surface area contributed by atoms with Crippen molar-refractivity contribution in [1.82, 2.24) is 25.0 Å². The highest BCUT2D eigenvalue weighted by molar-refractivity contribution is 7.22. The molecular formula is C22H23N7O2S. The van der Waals surface area contributed by atoms with Crippen LogP contribution >= 0.6 is 11.3 Å². The quantitative estimate of drug-likeness (QED) is 0.481. The minimum absolute atomic E-state index is 0.0140. The van der Waals surface area contributed by atoms with Crippen LogP contribution in [-0.4, -0.2) is 50.6 Å². The van der Waals surface area contributed by atoms with Gasteiger partial charge in [0.05, 0.1) is 22.7 Å². The fourth-order valence-electron chi connectivity index (χ4n) is 3.83. The molecule has 1 aliphatic rings.